The number of carbonyl (C=O) groups excluding carboxylic acids is 2. The molecule has 11 heteroatoms. The van der Waals surface area contributed by atoms with Crippen LogP contribution >= 0.6 is 0 Å². The maximum atomic E-state index is 15.2. The molecule has 2 aliphatic heterocycles. The van der Waals surface area contributed by atoms with E-state index in [-0.39, 0.29) is 52.7 Å². The van der Waals surface area contributed by atoms with Crippen LogP contribution < -0.4 is 0 Å². The molecule has 0 amide bonds. The lowest BCUT2D eigenvalue weighted by Crippen LogP contribution is -2.53. The van der Waals surface area contributed by atoms with Crippen LogP contribution in [0, 0.1) is 17.3 Å². The van der Waals surface area contributed by atoms with Gasteiger partial charge in [-0.2, -0.15) is 0 Å². The highest BCUT2D eigenvalue weighted by Crippen LogP contribution is 2.49. The molecule has 0 bridgehead atoms. The predicted octanol–water partition coefficient (Wildman–Crippen LogP) is 12.5. The van der Waals surface area contributed by atoms with Gasteiger partial charge in [0.05, 0.1) is 24.3 Å². The molecule has 0 aliphatic carbocycles. The summed E-state index contributed by atoms with van der Waals surface area (Å²) in [5, 5.41) is 0.135. The zero-order valence-corrected chi connectivity index (χ0v) is 43.9. The van der Waals surface area contributed by atoms with E-state index in [1.54, 1.807) is 6.20 Å². The highest BCUT2D eigenvalue weighted by molar-refractivity contribution is 6.74. The first-order valence-corrected chi connectivity index (χ1v) is 31.5. The summed E-state index contributed by atoms with van der Waals surface area (Å²) in [5.41, 5.74) is 0.797. The highest BCUT2D eigenvalue weighted by atomic mass is 28.4. The van der Waals surface area contributed by atoms with Gasteiger partial charge >= 0.3 is 5.97 Å². The zero-order chi connectivity index (χ0) is 44.6. The lowest BCUT2D eigenvalue weighted by molar-refractivity contribution is -0.153. The number of fused-ring (bicyclic) bond motifs is 1. The van der Waals surface area contributed by atoms with Gasteiger partial charge in [0.25, 0.3) is 0 Å². The number of pyridine rings is 1. The molecule has 2 saturated heterocycles. The van der Waals surface area contributed by atoms with Crippen LogP contribution in [0.1, 0.15) is 142 Å². The van der Waals surface area contributed by atoms with Gasteiger partial charge in [-0.15, -0.1) is 0 Å². The first kappa shape index (κ1) is 51.9. The van der Waals surface area contributed by atoms with E-state index in [1.165, 1.54) is 0 Å². The van der Waals surface area contributed by atoms with Gasteiger partial charge in [-0.25, -0.2) is 0 Å². The molecule has 8 nitrogen and oxygen atoms in total. The van der Waals surface area contributed by atoms with Crippen molar-refractivity contribution < 1.29 is 27.6 Å². The van der Waals surface area contributed by atoms with Crippen molar-refractivity contribution in [2.24, 2.45) is 17.3 Å². The SMILES string of the molecule is CC[Si](CC)(CC)OC1[C@@H](C)CCC[C@]2(C)[C@H](C[C@@H](/C(C)=C/c3ccccn3)OC(=O)C[C@H](O[Si](CC)(CC)CC)C(C)(C)C(=O)[C@@H]1C)N2CCO[Si](C)(C)C(C)(C)C. The number of esters is 1. The van der Waals surface area contributed by atoms with Gasteiger partial charge in [0.2, 0.25) is 0 Å². The first-order chi connectivity index (χ1) is 27.5. The van der Waals surface area contributed by atoms with E-state index in [9.17, 15) is 4.79 Å². The van der Waals surface area contributed by atoms with E-state index in [2.05, 4.69) is 119 Å². The third kappa shape index (κ3) is 12.6. The average molecular weight is 873 g/mol. The topological polar surface area (TPSA) is 87.0 Å². The minimum atomic E-state index is -2.26. The summed E-state index contributed by atoms with van der Waals surface area (Å²) in [6, 6.07) is 12.0. The van der Waals surface area contributed by atoms with E-state index in [0.29, 0.717) is 13.0 Å². The Morgan fingerprint density at radius 1 is 0.932 bits per heavy atom. The third-order valence-electron chi connectivity index (χ3n) is 15.8. The quantitative estimate of drug-likeness (QED) is 0.0922. The van der Waals surface area contributed by atoms with Crippen LogP contribution in [-0.2, 0) is 27.6 Å². The Labute approximate surface area is 365 Å². The Kier molecular flexibility index (Phi) is 18.7. The van der Waals surface area contributed by atoms with Crippen LogP contribution in [-0.4, -0.2) is 89.6 Å². The number of nitrogens with zero attached hydrogens (tertiary/aromatic N) is 2. The van der Waals surface area contributed by atoms with Crippen molar-refractivity contribution in [1.82, 2.24) is 9.88 Å². The Hall–Kier alpha value is -1.48. The summed E-state index contributed by atoms with van der Waals surface area (Å²) >= 11 is 0. The van der Waals surface area contributed by atoms with Crippen LogP contribution in [0.2, 0.25) is 54.4 Å². The van der Waals surface area contributed by atoms with E-state index in [0.717, 1.165) is 73.3 Å². The molecule has 0 N–H and O–H groups in total. The molecule has 0 spiro atoms. The molecule has 1 aromatic rings. The number of hydrogen-bond donors (Lipinski definition) is 0. The first-order valence-electron chi connectivity index (χ1n) is 23.5. The number of rotatable bonds is 16. The van der Waals surface area contributed by atoms with Gasteiger partial charge in [0.15, 0.2) is 25.0 Å². The van der Waals surface area contributed by atoms with E-state index < -0.39 is 42.6 Å². The van der Waals surface area contributed by atoms with Gasteiger partial charge in [0.1, 0.15) is 11.9 Å². The van der Waals surface area contributed by atoms with E-state index in [1.807, 2.05) is 32.0 Å². The van der Waals surface area contributed by atoms with Crippen molar-refractivity contribution >= 4 is 42.8 Å². The summed E-state index contributed by atoms with van der Waals surface area (Å²) < 4.78 is 28.0. The fourth-order valence-electron chi connectivity index (χ4n) is 9.56. The lowest BCUT2D eigenvalue weighted by Gasteiger charge is -2.44. The summed E-state index contributed by atoms with van der Waals surface area (Å²) in [6.07, 6.45) is 6.31. The standard InChI is InChI=1S/C48H88N2O6Si3/c1-18-58(19-2,20-3)55-42-35-43(51)54-40(37(8)33-39-28-24-25-30-49-39)34-41-48(15,50(41)31-32-53-57(16,17)46(10,11)12)29-26-27-36(7)44(38(9)45(52)47(42,13)14)56-59(21-4,22-5)23-6/h24-25,28,30,33,36,38,40-42,44H,18-23,26-27,29,31-32,34-35H2,1-17H3/b37-33+/t36-,38+,40-,41-,42-,44?,48+,50?/m0/s1. The summed E-state index contributed by atoms with van der Waals surface area (Å²) in [7, 11) is -6.26. The van der Waals surface area contributed by atoms with Gasteiger partial charge in [-0.1, -0.05) is 102 Å². The van der Waals surface area contributed by atoms with Crippen molar-refractivity contribution in [1.29, 1.82) is 0 Å². The minimum absolute atomic E-state index is 0.0260. The number of hydrogen-bond acceptors (Lipinski definition) is 8. The molecule has 3 heterocycles. The monoisotopic (exact) mass is 873 g/mol. The fourth-order valence-corrected chi connectivity index (χ4v) is 16.6. The minimum Gasteiger partial charge on any atom is -0.458 e. The largest absolute Gasteiger partial charge is 0.458 e. The van der Waals surface area contributed by atoms with Crippen molar-refractivity contribution in [2.75, 3.05) is 13.2 Å². The van der Waals surface area contributed by atoms with Crippen LogP contribution in [0.5, 0.6) is 0 Å². The van der Waals surface area contributed by atoms with Crippen molar-refractivity contribution in [3.05, 3.63) is 35.7 Å². The maximum absolute atomic E-state index is 15.2. The highest BCUT2D eigenvalue weighted by Gasteiger charge is 2.59. The Morgan fingerprint density at radius 3 is 2.03 bits per heavy atom. The maximum Gasteiger partial charge on any atom is 0.309 e. The number of carbonyl (C=O) groups is 2. The summed E-state index contributed by atoms with van der Waals surface area (Å²) in [5.74, 6) is -0.341. The number of ether oxygens (including phenoxy) is 1. The molecule has 59 heavy (non-hydrogen) atoms. The molecular formula is C48H88N2O6Si3. The average Bonchev–Trinajstić information content (AvgIpc) is 3.74. The van der Waals surface area contributed by atoms with Gasteiger partial charge in [-0.05, 0) is 111 Å². The van der Waals surface area contributed by atoms with Gasteiger partial charge < -0.3 is 18.0 Å². The fraction of sp³-hybridized carbons (Fsp3) is 0.812. The third-order valence-corrected chi connectivity index (χ3v) is 29.6. The molecule has 0 aromatic carbocycles. The van der Waals surface area contributed by atoms with Gasteiger partial charge in [0, 0.05) is 48.7 Å². The number of Topliss-reactive ketones (excluding diaryl/α,β-unsaturated/α-hetero) is 1. The second-order valence-electron chi connectivity index (χ2n) is 20.7. The smallest absolute Gasteiger partial charge is 0.309 e. The molecular weight excluding hydrogens is 785 g/mol. The van der Waals surface area contributed by atoms with Crippen LogP contribution in [0.25, 0.3) is 6.08 Å². The van der Waals surface area contributed by atoms with E-state index in [4.69, 9.17) is 18.0 Å². The molecule has 2 unspecified atom stereocenters. The lowest BCUT2D eigenvalue weighted by atomic mass is 9.73. The number of ketones is 1. The molecule has 3 rings (SSSR count). The van der Waals surface area contributed by atoms with Crippen LogP contribution in [0.3, 0.4) is 0 Å². The van der Waals surface area contributed by atoms with Crippen molar-refractivity contribution in [3.8, 4) is 0 Å². The van der Waals surface area contributed by atoms with Crippen molar-refractivity contribution in [3.63, 3.8) is 0 Å². The molecule has 8 atom stereocenters. The van der Waals surface area contributed by atoms with Crippen LogP contribution in [0.4, 0.5) is 0 Å². The Morgan fingerprint density at radius 2 is 1.51 bits per heavy atom. The molecule has 338 valence electrons. The van der Waals surface area contributed by atoms with Crippen molar-refractivity contribution in [2.45, 2.75) is 220 Å². The predicted molar refractivity (Wildman–Crippen MR) is 254 cm³/mol. The zero-order valence-electron chi connectivity index (χ0n) is 40.9. The second kappa shape index (κ2) is 21.3. The number of aromatic nitrogens is 1. The normalized spacial score (nSPS) is 29.5. The second-order valence-corrected chi connectivity index (χ2v) is 34.9. The summed E-state index contributed by atoms with van der Waals surface area (Å²) in [6.45, 7) is 39.4. The molecule has 0 radical (unpaired) electrons. The molecule has 2 fully saturated rings. The Balaban J connectivity index is 2.16. The van der Waals surface area contributed by atoms with E-state index >= 15 is 4.79 Å². The van der Waals surface area contributed by atoms with Crippen LogP contribution in [0.15, 0.2) is 30.0 Å². The Bertz CT molecular complexity index is 1510. The number of cyclic esters (lactones) is 1. The molecule has 1 aromatic heterocycles. The summed E-state index contributed by atoms with van der Waals surface area (Å²) in [4.78, 5) is 36.9. The molecule has 0 saturated carbocycles. The van der Waals surface area contributed by atoms with Gasteiger partial charge in [-0.3, -0.25) is 19.5 Å². The molecule has 2 aliphatic rings.